The molecule has 1 aliphatic rings. The summed E-state index contributed by atoms with van der Waals surface area (Å²) in [4.78, 5) is 36.4. The molecule has 0 saturated heterocycles. The van der Waals surface area contributed by atoms with Crippen molar-refractivity contribution in [2.75, 3.05) is 13.2 Å². The largest absolute Gasteiger partial charge is 0.466 e. The molecule has 0 radical (unpaired) electrons. The Morgan fingerprint density at radius 3 is 2.48 bits per heavy atom. The number of rotatable bonds is 6. The van der Waals surface area contributed by atoms with Crippen LogP contribution in [0.2, 0.25) is 0 Å². The summed E-state index contributed by atoms with van der Waals surface area (Å²) >= 11 is 0. The number of carbonyl (C=O) groups is 3. The van der Waals surface area contributed by atoms with Crippen molar-refractivity contribution in [3.8, 4) is 0 Å². The minimum Gasteiger partial charge on any atom is -0.466 e. The van der Waals surface area contributed by atoms with Crippen LogP contribution in [-0.2, 0) is 19.0 Å². The molecule has 1 aliphatic carbocycles. The van der Waals surface area contributed by atoms with E-state index in [2.05, 4.69) is 15.6 Å². The molecule has 4 atom stereocenters. The molecular weight excluding hydrogens is 384 g/mol. The molecule has 1 fully saturated rings. The van der Waals surface area contributed by atoms with Gasteiger partial charge < -0.3 is 24.6 Å². The molecule has 162 valence electrons. The van der Waals surface area contributed by atoms with Crippen molar-refractivity contribution >= 4 is 18.0 Å². The second kappa shape index (κ2) is 9.21. The topological polar surface area (TPSA) is 142 Å². The molecule has 1 saturated carbocycles. The molecule has 1 amide bonds. The first-order valence-electron chi connectivity index (χ1n) is 9.50. The van der Waals surface area contributed by atoms with Gasteiger partial charge in [-0.15, -0.1) is 5.10 Å². The molecule has 0 spiro atoms. The number of aliphatic hydroxyl groups is 1. The zero-order valence-electron chi connectivity index (χ0n) is 17.2. The number of esters is 2. The highest BCUT2D eigenvalue weighted by Gasteiger charge is 2.49. The van der Waals surface area contributed by atoms with Gasteiger partial charge in [0.25, 0.3) is 0 Å². The van der Waals surface area contributed by atoms with Gasteiger partial charge in [0.2, 0.25) is 0 Å². The highest BCUT2D eigenvalue weighted by molar-refractivity contribution is 5.86. The molecule has 11 nitrogen and oxygen atoms in total. The number of carbonyl (C=O) groups excluding carboxylic acids is 3. The van der Waals surface area contributed by atoms with Crippen LogP contribution in [0.3, 0.4) is 0 Å². The Bertz CT molecular complexity index is 743. The van der Waals surface area contributed by atoms with E-state index in [-0.39, 0.29) is 25.3 Å². The van der Waals surface area contributed by atoms with Crippen molar-refractivity contribution in [2.45, 2.75) is 64.8 Å². The number of aliphatic hydroxyl groups excluding tert-OH is 1. The highest BCUT2D eigenvalue weighted by Crippen LogP contribution is 2.36. The maximum atomic E-state index is 12.4. The molecule has 0 aliphatic heterocycles. The van der Waals surface area contributed by atoms with Gasteiger partial charge >= 0.3 is 18.0 Å². The van der Waals surface area contributed by atoms with Gasteiger partial charge in [-0.1, -0.05) is 5.21 Å². The van der Waals surface area contributed by atoms with E-state index in [0.717, 1.165) is 0 Å². The second-order valence-electron chi connectivity index (χ2n) is 7.63. The monoisotopic (exact) mass is 412 g/mol. The number of aromatic nitrogens is 3. The summed E-state index contributed by atoms with van der Waals surface area (Å²) in [7, 11) is 0. The van der Waals surface area contributed by atoms with E-state index >= 15 is 0 Å². The number of ether oxygens (including phenoxy) is 3. The van der Waals surface area contributed by atoms with E-state index in [1.165, 1.54) is 10.9 Å². The van der Waals surface area contributed by atoms with Crippen molar-refractivity contribution in [2.24, 2.45) is 5.92 Å². The van der Waals surface area contributed by atoms with Crippen LogP contribution in [0.5, 0.6) is 0 Å². The van der Waals surface area contributed by atoms with Crippen LogP contribution in [0, 0.1) is 5.92 Å². The van der Waals surface area contributed by atoms with E-state index in [1.807, 2.05) is 0 Å². The number of nitrogens with zero attached hydrogens (tertiary/aromatic N) is 3. The van der Waals surface area contributed by atoms with E-state index in [1.54, 1.807) is 34.6 Å². The zero-order chi connectivity index (χ0) is 21.8. The van der Waals surface area contributed by atoms with E-state index in [0.29, 0.717) is 0 Å². The Morgan fingerprint density at radius 1 is 1.24 bits per heavy atom. The van der Waals surface area contributed by atoms with Crippen molar-refractivity contribution in [1.29, 1.82) is 0 Å². The summed E-state index contributed by atoms with van der Waals surface area (Å²) < 4.78 is 16.5. The smallest absolute Gasteiger partial charge is 0.407 e. The lowest BCUT2D eigenvalue weighted by molar-refractivity contribution is -0.148. The summed E-state index contributed by atoms with van der Waals surface area (Å²) in [5, 5.41) is 21.0. The predicted octanol–water partition coefficient (Wildman–Crippen LogP) is 0.833. The standard InChI is InChI=1S/C18H28N4O7/c1-6-27-15(24)10-8-12(22-9-11(20-21-22)16(25)28-7-2)14(23)13(10)19-17(26)29-18(3,4)5/h9-10,12-14,23H,6-8H2,1-5H3,(H,19,26)/t10-,12+,13-,14-/m1/s1. The maximum absolute atomic E-state index is 12.4. The molecule has 0 aromatic carbocycles. The minimum atomic E-state index is -1.19. The average Bonchev–Trinajstić information content (AvgIpc) is 3.20. The van der Waals surface area contributed by atoms with E-state index in [4.69, 9.17) is 14.2 Å². The van der Waals surface area contributed by atoms with Crippen molar-refractivity contribution in [3.05, 3.63) is 11.9 Å². The fraction of sp³-hybridized carbons (Fsp3) is 0.722. The molecule has 2 N–H and O–H groups in total. The Hall–Kier alpha value is -2.69. The highest BCUT2D eigenvalue weighted by atomic mass is 16.6. The lowest BCUT2D eigenvalue weighted by Crippen LogP contribution is -2.48. The van der Waals surface area contributed by atoms with Gasteiger partial charge in [-0.3, -0.25) is 4.79 Å². The Morgan fingerprint density at radius 2 is 1.90 bits per heavy atom. The van der Waals surface area contributed by atoms with Crippen LogP contribution >= 0.6 is 0 Å². The molecule has 29 heavy (non-hydrogen) atoms. The maximum Gasteiger partial charge on any atom is 0.407 e. The minimum absolute atomic E-state index is 0.0183. The molecule has 1 aromatic rings. The van der Waals surface area contributed by atoms with Gasteiger partial charge in [-0.05, 0) is 41.0 Å². The van der Waals surface area contributed by atoms with Gasteiger partial charge in [0.15, 0.2) is 5.69 Å². The van der Waals surface area contributed by atoms with E-state index in [9.17, 15) is 19.5 Å². The third-order valence-electron chi connectivity index (χ3n) is 4.30. The molecule has 1 heterocycles. The predicted molar refractivity (Wildman–Crippen MR) is 98.9 cm³/mol. The third-order valence-corrected chi connectivity index (χ3v) is 4.30. The Balaban J connectivity index is 2.22. The van der Waals surface area contributed by atoms with Crippen molar-refractivity contribution in [3.63, 3.8) is 0 Å². The van der Waals surface area contributed by atoms with Crippen LogP contribution in [0.4, 0.5) is 4.79 Å². The summed E-state index contributed by atoms with van der Waals surface area (Å²) in [6.07, 6.45) is -0.480. The van der Waals surface area contributed by atoms with Crippen LogP contribution in [0.1, 0.15) is 57.6 Å². The summed E-state index contributed by atoms with van der Waals surface area (Å²) in [5.41, 5.74) is -0.761. The van der Waals surface area contributed by atoms with Gasteiger partial charge in [0, 0.05) is 0 Å². The van der Waals surface area contributed by atoms with E-state index < -0.39 is 47.7 Å². The molecule has 11 heteroatoms. The number of amides is 1. The number of hydrogen-bond acceptors (Lipinski definition) is 9. The van der Waals surface area contributed by atoms with Crippen molar-refractivity contribution in [1.82, 2.24) is 20.3 Å². The van der Waals surface area contributed by atoms with Crippen LogP contribution < -0.4 is 5.32 Å². The fourth-order valence-electron chi connectivity index (χ4n) is 3.15. The lowest BCUT2D eigenvalue weighted by atomic mass is 10.0. The average molecular weight is 412 g/mol. The van der Waals surface area contributed by atoms with Gasteiger partial charge in [0.1, 0.15) is 5.60 Å². The molecule has 2 rings (SSSR count). The fourth-order valence-corrected chi connectivity index (χ4v) is 3.15. The first kappa shape index (κ1) is 22.6. The number of nitrogens with one attached hydrogen (secondary N) is 1. The normalized spacial score (nSPS) is 24.1. The molecule has 0 bridgehead atoms. The Labute approximate surface area is 168 Å². The lowest BCUT2D eigenvalue weighted by Gasteiger charge is -2.26. The van der Waals surface area contributed by atoms with Gasteiger partial charge in [0.05, 0.1) is 43.5 Å². The van der Waals surface area contributed by atoms with Gasteiger partial charge in [-0.2, -0.15) is 0 Å². The second-order valence-corrected chi connectivity index (χ2v) is 7.63. The molecule has 0 unspecified atom stereocenters. The summed E-state index contributed by atoms with van der Waals surface area (Å²) in [6, 6.07) is -1.66. The Kier molecular flexibility index (Phi) is 7.17. The van der Waals surface area contributed by atoms with Crippen LogP contribution in [0.25, 0.3) is 0 Å². The summed E-state index contributed by atoms with van der Waals surface area (Å²) in [6.45, 7) is 8.79. The number of hydrogen-bond donors (Lipinski definition) is 2. The number of alkyl carbamates (subject to hydrolysis) is 1. The SMILES string of the molecule is CCOC(=O)c1cn([C@H]2C[C@@H](C(=O)OCC)[C@@H](NC(=O)OC(C)(C)C)[C@@H]2O)nn1. The quantitative estimate of drug-likeness (QED) is 0.513. The zero-order valence-corrected chi connectivity index (χ0v) is 17.2. The first-order valence-corrected chi connectivity index (χ1v) is 9.50. The third kappa shape index (κ3) is 5.66. The first-order chi connectivity index (χ1) is 13.6. The van der Waals surface area contributed by atoms with Crippen LogP contribution in [0.15, 0.2) is 6.20 Å². The van der Waals surface area contributed by atoms with Crippen molar-refractivity contribution < 1.29 is 33.7 Å². The molecule has 1 aromatic heterocycles. The summed E-state index contributed by atoms with van der Waals surface area (Å²) in [5.74, 6) is -2.02. The van der Waals surface area contributed by atoms with Gasteiger partial charge in [-0.25, -0.2) is 14.3 Å². The van der Waals surface area contributed by atoms with Crippen LogP contribution in [-0.4, -0.2) is 69.1 Å². The molecular formula is C18H28N4O7.